The molecule has 2 atom stereocenters. The Morgan fingerprint density at radius 3 is 2.23 bits per heavy atom. The van der Waals surface area contributed by atoms with Crippen LogP contribution >= 0.6 is 0 Å². The molecule has 1 aliphatic heterocycles. The summed E-state index contributed by atoms with van der Waals surface area (Å²) >= 11 is 0. The van der Waals surface area contributed by atoms with E-state index >= 15 is 0 Å². The summed E-state index contributed by atoms with van der Waals surface area (Å²) < 4.78 is 68.4. The number of nitrogens with one attached hydrogen (secondary N) is 1. The van der Waals surface area contributed by atoms with Crippen molar-refractivity contribution in [3.8, 4) is 5.75 Å². The van der Waals surface area contributed by atoms with Crippen molar-refractivity contribution in [2.24, 2.45) is 0 Å². The van der Waals surface area contributed by atoms with E-state index in [1.807, 2.05) is 37.3 Å². The number of hydrogen-bond acceptors (Lipinski definition) is 3. The van der Waals surface area contributed by atoms with Crippen molar-refractivity contribution in [3.05, 3.63) is 107 Å². The minimum Gasteiger partial charge on any atom is -0.406 e. The quantitative estimate of drug-likeness (QED) is 0.370. The molecule has 0 aromatic heterocycles. The van der Waals surface area contributed by atoms with Crippen LogP contribution in [0, 0.1) is 0 Å². The third-order valence-electron chi connectivity index (χ3n) is 5.58. The molecule has 0 aliphatic carbocycles. The van der Waals surface area contributed by atoms with Crippen molar-refractivity contribution in [1.29, 1.82) is 0 Å². The highest BCUT2D eigenvalue weighted by molar-refractivity contribution is 6.08. The molecule has 1 heterocycles. The molecule has 0 radical (unpaired) electrons. The number of benzene rings is 3. The normalized spacial score (nSPS) is 16.9. The summed E-state index contributed by atoms with van der Waals surface area (Å²) in [7, 11) is 0. The summed E-state index contributed by atoms with van der Waals surface area (Å²) in [4.78, 5) is 14.8. The summed E-state index contributed by atoms with van der Waals surface area (Å²) in [6.07, 6.45) is -5.94. The van der Waals surface area contributed by atoms with Gasteiger partial charge < -0.3 is 10.1 Å². The lowest BCUT2D eigenvalue weighted by atomic mass is 10.1. The molecule has 3 aromatic carbocycles. The van der Waals surface area contributed by atoms with Gasteiger partial charge in [-0.25, -0.2) is 8.78 Å². The van der Waals surface area contributed by atoms with Gasteiger partial charge in [0.15, 0.2) is 0 Å². The maximum absolute atomic E-state index is 13.4. The lowest BCUT2D eigenvalue weighted by molar-refractivity contribution is -0.274. The summed E-state index contributed by atoms with van der Waals surface area (Å²) in [6, 6.07) is 18.9. The summed E-state index contributed by atoms with van der Waals surface area (Å²) in [6.45, 7) is 1.87. The number of carbonyl (C=O) groups is 1. The Hall–Kier alpha value is -3.88. The van der Waals surface area contributed by atoms with Crippen molar-refractivity contribution in [2.75, 3.05) is 4.90 Å². The van der Waals surface area contributed by atoms with E-state index in [0.29, 0.717) is 11.3 Å². The van der Waals surface area contributed by atoms with E-state index in [0.717, 1.165) is 11.6 Å². The van der Waals surface area contributed by atoms with Gasteiger partial charge in [-0.2, -0.15) is 0 Å². The standard InChI is InChI=1S/C26H21F5N2O2/c1-16(17-6-3-2-4-7-17)32-22-15-23(19-8-5-9-21(14-19)35-26(29,30)31)33(25(22)34)20-12-10-18(11-13-20)24(27)28/h2-16,23-24,32H,1H3. The smallest absolute Gasteiger partial charge is 0.406 e. The minimum absolute atomic E-state index is 0.207. The molecule has 2 unspecified atom stereocenters. The Balaban J connectivity index is 1.70. The van der Waals surface area contributed by atoms with E-state index < -0.39 is 30.5 Å². The van der Waals surface area contributed by atoms with Crippen LogP contribution in [0.25, 0.3) is 0 Å². The maximum Gasteiger partial charge on any atom is 0.573 e. The molecule has 4 rings (SSSR count). The first kappa shape index (κ1) is 24.3. The van der Waals surface area contributed by atoms with Gasteiger partial charge in [0.25, 0.3) is 12.3 Å². The summed E-state index contributed by atoms with van der Waals surface area (Å²) in [5.41, 5.74) is 1.65. The molecule has 9 heteroatoms. The fraction of sp³-hybridized carbons (Fsp3) is 0.192. The predicted octanol–water partition coefficient (Wildman–Crippen LogP) is 6.85. The highest BCUT2D eigenvalue weighted by atomic mass is 19.4. The first-order chi connectivity index (χ1) is 16.6. The molecule has 35 heavy (non-hydrogen) atoms. The third kappa shape index (κ3) is 5.62. The highest BCUT2D eigenvalue weighted by Gasteiger charge is 2.36. The van der Waals surface area contributed by atoms with Gasteiger partial charge in [0.1, 0.15) is 5.75 Å². The molecule has 0 fully saturated rings. The zero-order valence-electron chi connectivity index (χ0n) is 18.5. The molecule has 0 saturated heterocycles. The van der Waals surface area contributed by atoms with Crippen molar-refractivity contribution in [3.63, 3.8) is 0 Å². The van der Waals surface area contributed by atoms with Crippen LogP contribution in [-0.2, 0) is 4.79 Å². The van der Waals surface area contributed by atoms with Crippen molar-refractivity contribution >= 4 is 11.6 Å². The maximum atomic E-state index is 13.4. The molecule has 0 saturated carbocycles. The van der Waals surface area contributed by atoms with Crippen molar-refractivity contribution in [1.82, 2.24) is 5.32 Å². The monoisotopic (exact) mass is 488 g/mol. The summed E-state index contributed by atoms with van der Waals surface area (Å²) in [5.74, 6) is -0.868. The van der Waals surface area contributed by atoms with Crippen LogP contribution in [0.4, 0.5) is 27.6 Å². The number of amides is 1. The number of ether oxygens (including phenoxy) is 1. The van der Waals surface area contributed by atoms with E-state index in [1.165, 1.54) is 41.3 Å². The fourth-order valence-corrected chi connectivity index (χ4v) is 3.93. The average molecular weight is 488 g/mol. The predicted molar refractivity (Wildman–Crippen MR) is 121 cm³/mol. The first-order valence-electron chi connectivity index (χ1n) is 10.7. The Morgan fingerprint density at radius 1 is 0.914 bits per heavy atom. The van der Waals surface area contributed by atoms with Gasteiger partial charge in [-0.15, -0.1) is 13.2 Å². The van der Waals surface area contributed by atoms with Crippen LogP contribution in [0.2, 0.25) is 0 Å². The minimum atomic E-state index is -4.87. The Bertz CT molecular complexity index is 1210. The van der Waals surface area contributed by atoms with E-state index in [9.17, 15) is 26.7 Å². The second-order valence-corrected chi connectivity index (χ2v) is 7.99. The molecular weight excluding hydrogens is 467 g/mol. The Kier molecular flexibility index (Phi) is 6.77. The van der Waals surface area contributed by atoms with E-state index in [-0.39, 0.29) is 17.3 Å². The number of alkyl halides is 5. The number of carbonyl (C=O) groups excluding carboxylic acids is 1. The van der Waals surface area contributed by atoms with Crippen molar-refractivity contribution < 1.29 is 31.5 Å². The molecule has 0 spiro atoms. The number of nitrogens with zero attached hydrogens (tertiary/aromatic N) is 1. The zero-order chi connectivity index (χ0) is 25.2. The zero-order valence-corrected chi connectivity index (χ0v) is 18.5. The van der Waals surface area contributed by atoms with E-state index in [2.05, 4.69) is 10.1 Å². The van der Waals surface area contributed by atoms with Gasteiger partial charge in [0.2, 0.25) is 0 Å². The number of rotatable bonds is 7. The summed E-state index contributed by atoms with van der Waals surface area (Å²) in [5, 5.41) is 3.17. The van der Waals surface area contributed by atoms with Crippen LogP contribution in [0.15, 0.2) is 90.6 Å². The van der Waals surface area contributed by atoms with Gasteiger partial charge in [-0.3, -0.25) is 9.69 Å². The second kappa shape index (κ2) is 9.77. The van der Waals surface area contributed by atoms with Gasteiger partial charge >= 0.3 is 6.36 Å². The average Bonchev–Trinajstić information content (AvgIpc) is 3.14. The Labute approximate surface area is 198 Å². The second-order valence-electron chi connectivity index (χ2n) is 7.99. The van der Waals surface area contributed by atoms with Crippen LogP contribution in [0.1, 0.15) is 42.1 Å². The fourth-order valence-electron chi connectivity index (χ4n) is 3.93. The highest BCUT2D eigenvalue weighted by Crippen LogP contribution is 2.38. The number of anilines is 1. The molecule has 1 aliphatic rings. The van der Waals surface area contributed by atoms with Gasteiger partial charge in [0, 0.05) is 17.3 Å². The first-order valence-corrected chi connectivity index (χ1v) is 10.7. The Morgan fingerprint density at radius 2 is 1.60 bits per heavy atom. The SMILES string of the molecule is CC(NC1=CC(c2cccc(OC(F)(F)F)c2)N(c2ccc(C(F)F)cc2)C1=O)c1ccccc1. The number of halogens is 5. The number of hydrogen-bond donors (Lipinski definition) is 1. The van der Waals surface area contributed by atoms with Crippen LogP contribution in [0.5, 0.6) is 5.75 Å². The topological polar surface area (TPSA) is 41.6 Å². The molecule has 4 nitrogen and oxygen atoms in total. The van der Waals surface area contributed by atoms with Crippen LogP contribution in [0.3, 0.4) is 0 Å². The van der Waals surface area contributed by atoms with Gasteiger partial charge in [0.05, 0.1) is 11.7 Å². The largest absolute Gasteiger partial charge is 0.573 e. The lowest BCUT2D eigenvalue weighted by Gasteiger charge is -2.26. The van der Waals surface area contributed by atoms with Crippen LogP contribution < -0.4 is 15.0 Å². The van der Waals surface area contributed by atoms with Crippen molar-refractivity contribution in [2.45, 2.75) is 31.8 Å². The molecule has 1 amide bonds. The van der Waals surface area contributed by atoms with E-state index in [4.69, 9.17) is 0 Å². The van der Waals surface area contributed by atoms with Gasteiger partial charge in [-0.1, -0.05) is 54.6 Å². The molecule has 182 valence electrons. The van der Waals surface area contributed by atoms with Gasteiger partial charge in [-0.05, 0) is 48.4 Å². The van der Waals surface area contributed by atoms with Crippen LogP contribution in [-0.4, -0.2) is 12.3 Å². The molecular formula is C26H21F5N2O2. The van der Waals surface area contributed by atoms with E-state index in [1.54, 1.807) is 12.1 Å². The lowest BCUT2D eigenvalue weighted by Crippen LogP contribution is -2.33. The third-order valence-corrected chi connectivity index (χ3v) is 5.58. The molecule has 1 N–H and O–H groups in total. The molecule has 3 aromatic rings. The molecule has 0 bridgehead atoms.